The molecule has 0 amide bonds. The third-order valence-electron chi connectivity index (χ3n) is 3.10. The molecule has 0 unspecified atom stereocenters. The number of rotatable bonds is 4. The predicted molar refractivity (Wildman–Crippen MR) is 96.0 cm³/mol. The van der Waals surface area contributed by atoms with Gasteiger partial charge in [-0.25, -0.2) is 0 Å². The molecule has 10 heteroatoms. The van der Waals surface area contributed by atoms with Crippen LogP contribution in [0.5, 0.6) is 0 Å². The van der Waals surface area contributed by atoms with Crippen LogP contribution in [0.2, 0.25) is 43.2 Å². The second-order valence-corrected chi connectivity index (χ2v) is 36.8. The molecule has 0 radical (unpaired) electrons. The Labute approximate surface area is 137 Å². The lowest BCUT2D eigenvalue weighted by Gasteiger charge is -2.56. The van der Waals surface area contributed by atoms with Gasteiger partial charge in [0.2, 0.25) is 0 Å². The van der Waals surface area contributed by atoms with E-state index in [1.165, 1.54) is 0 Å². The van der Waals surface area contributed by atoms with Gasteiger partial charge in [-0.1, -0.05) is 39.3 Å². The largest absolute Gasteiger partial charge is 0.343 e. The molecule has 0 atom stereocenters. The Morgan fingerprint density at radius 3 is 0.706 bits per heavy atom. The number of halogens is 6. The third kappa shape index (κ3) is 3.44. The molecular weight excluding hydrogens is 409 g/mol. The van der Waals surface area contributed by atoms with E-state index in [2.05, 4.69) is 0 Å². The molecule has 0 aromatic carbocycles. The van der Waals surface area contributed by atoms with Crippen LogP contribution in [0.15, 0.2) is 0 Å². The second-order valence-electron chi connectivity index (χ2n) is 5.67. The summed E-state index contributed by atoms with van der Waals surface area (Å²) in [6.45, 7) is 12.0. The molecule has 0 nitrogen and oxygen atoms in total. The van der Waals surface area contributed by atoms with E-state index < -0.39 is 32.1 Å². The van der Waals surface area contributed by atoms with Gasteiger partial charge in [-0.15, -0.1) is 33.2 Å². The Balaban J connectivity index is 6.37. The van der Waals surface area contributed by atoms with Gasteiger partial charge in [-0.2, -0.15) is 33.2 Å². The number of hydrogen-bond acceptors (Lipinski definition) is 0. The predicted octanol–water partition coefficient (Wildman–Crippen LogP) is 6.33. The van der Waals surface area contributed by atoms with Gasteiger partial charge in [0.1, 0.15) is 0 Å². The highest BCUT2D eigenvalue weighted by Gasteiger charge is 2.75. The van der Waals surface area contributed by atoms with Crippen LogP contribution in [-0.4, -0.2) is 28.2 Å². The molecule has 104 valence electrons. The van der Waals surface area contributed by atoms with E-state index in [1.54, 1.807) is 0 Å². The lowest BCUT2D eigenvalue weighted by atomic mass is 11.7. The summed E-state index contributed by atoms with van der Waals surface area (Å²) < 4.78 is -0.602. The van der Waals surface area contributed by atoms with Crippen molar-refractivity contribution in [3.63, 3.8) is 0 Å². The van der Waals surface area contributed by atoms with Crippen molar-refractivity contribution in [2.75, 3.05) is 0 Å². The van der Waals surface area contributed by atoms with E-state index in [1.807, 2.05) is 39.3 Å². The van der Waals surface area contributed by atoms with E-state index in [0.717, 1.165) is 0 Å². The summed E-state index contributed by atoms with van der Waals surface area (Å²) in [4.78, 5) is 0. The van der Waals surface area contributed by atoms with Gasteiger partial charge in [-0.05, 0) is 0 Å². The maximum Gasteiger partial charge on any atom is 0.343 e. The summed E-state index contributed by atoms with van der Waals surface area (Å²) in [5.74, 6) is 0. The Bertz CT molecular complexity index is 219. The Kier molecular flexibility index (Phi) is 6.26. The van der Waals surface area contributed by atoms with E-state index in [0.29, 0.717) is 0 Å². The van der Waals surface area contributed by atoms with Crippen molar-refractivity contribution in [3.8, 4) is 0 Å². The van der Waals surface area contributed by atoms with Crippen molar-refractivity contribution in [2.24, 2.45) is 0 Å². The Hall–Kier alpha value is 2.61. The minimum absolute atomic E-state index is 0.602. The van der Waals surface area contributed by atoms with Gasteiger partial charge in [0, 0.05) is 3.91 Å². The van der Waals surface area contributed by atoms with Gasteiger partial charge < -0.3 is 0 Å². The van der Waals surface area contributed by atoms with Gasteiger partial charge in [0.15, 0.2) is 22.2 Å². The molecule has 0 fully saturated rings. The molecule has 0 aliphatic heterocycles. The quantitative estimate of drug-likeness (QED) is 0.363. The molecule has 0 N–H and O–H groups in total. The molecule has 0 saturated carbocycles. The van der Waals surface area contributed by atoms with Crippen molar-refractivity contribution in [1.29, 1.82) is 0 Å². The van der Waals surface area contributed by atoms with Gasteiger partial charge in [-0.3, -0.25) is 0 Å². The van der Waals surface area contributed by atoms with Crippen molar-refractivity contribution < 1.29 is 0 Å². The van der Waals surface area contributed by atoms with Crippen LogP contribution in [-0.2, 0) is 0 Å². The molecule has 0 rings (SSSR count). The number of hydrogen-bond donors (Lipinski definition) is 0. The fourth-order valence-electron chi connectivity index (χ4n) is 3.13. The maximum absolute atomic E-state index is 6.73. The zero-order valence-electron chi connectivity index (χ0n) is 10.8. The third-order valence-corrected chi connectivity index (χ3v) is 43.2. The van der Waals surface area contributed by atoms with Crippen LogP contribution in [0.4, 0.5) is 0 Å². The van der Waals surface area contributed by atoms with E-state index >= 15 is 0 Å². The smallest absolute Gasteiger partial charge is 0.168 e. The van der Waals surface area contributed by atoms with Crippen LogP contribution >= 0.6 is 66.5 Å². The summed E-state index contributed by atoms with van der Waals surface area (Å²) in [7, 11) is -7.04. The highest BCUT2D eigenvalue weighted by atomic mass is 35.8. The van der Waals surface area contributed by atoms with Crippen LogP contribution in [0.3, 0.4) is 0 Å². The summed E-state index contributed by atoms with van der Waals surface area (Å²) in [5, 5.41) is 0. The maximum atomic E-state index is 6.73. The highest BCUT2D eigenvalue weighted by Crippen LogP contribution is 2.66. The molecular formula is C7H18Cl6Si4. The first-order chi connectivity index (χ1) is 7.00. The zero-order chi connectivity index (χ0) is 14.5. The Morgan fingerprint density at radius 2 is 0.706 bits per heavy atom. The molecule has 0 saturated heterocycles. The lowest BCUT2D eigenvalue weighted by molar-refractivity contribution is 1.33. The highest BCUT2D eigenvalue weighted by molar-refractivity contribution is 7.77. The zero-order valence-corrected chi connectivity index (χ0v) is 19.3. The normalized spacial score (nSPS) is 16.2. The van der Waals surface area contributed by atoms with Crippen LogP contribution in [0.1, 0.15) is 0 Å². The average Bonchev–Trinajstić information content (AvgIpc) is 1.67. The van der Waals surface area contributed by atoms with Crippen LogP contribution < -0.4 is 0 Å². The lowest BCUT2D eigenvalue weighted by Crippen LogP contribution is -2.70. The molecule has 0 aromatic rings. The first-order valence-corrected chi connectivity index (χ1v) is 22.2. The molecule has 17 heavy (non-hydrogen) atoms. The average molecular weight is 427 g/mol. The molecule has 0 bridgehead atoms. The first kappa shape index (κ1) is 19.6. The second kappa shape index (κ2) is 5.43. The Morgan fingerprint density at radius 1 is 0.529 bits per heavy atom. The standard InChI is InChI=1S/C7H18Cl6Si4/c1-14(2,8)7(15(3,4)9,16(5,6)10)17(11,12)13/h1-6H3. The van der Waals surface area contributed by atoms with E-state index in [9.17, 15) is 0 Å². The van der Waals surface area contributed by atoms with Gasteiger partial charge in [0.05, 0.1) is 0 Å². The summed E-state index contributed by atoms with van der Waals surface area (Å²) in [6.07, 6.45) is 0. The van der Waals surface area contributed by atoms with E-state index in [4.69, 9.17) is 66.5 Å². The fraction of sp³-hybridized carbons (Fsp3) is 1.00. The minimum Gasteiger partial charge on any atom is -0.168 e. The van der Waals surface area contributed by atoms with E-state index in [-0.39, 0.29) is 0 Å². The molecule has 0 aliphatic carbocycles. The fourth-order valence-corrected chi connectivity index (χ4v) is 69.1. The van der Waals surface area contributed by atoms with Crippen molar-refractivity contribution >= 4 is 94.6 Å². The molecule has 0 aliphatic rings. The van der Waals surface area contributed by atoms with Crippen molar-refractivity contribution in [3.05, 3.63) is 0 Å². The summed E-state index contributed by atoms with van der Waals surface area (Å²) in [6, 6.07) is -3.14. The minimum atomic E-state index is -3.14. The monoisotopic (exact) mass is 424 g/mol. The summed E-state index contributed by atoms with van der Waals surface area (Å²) >= 11 is 39.5. The van der Waals surface area contributed by atoms with Gasteiger partial charge in [0.25, 0.3) is 0 Å². The summed E-state index contributed by atoms with van der Waals surface area (Å²) in [5.41, 5.74) is 0. The first-order valence-electron chi connectivity index (χ1n) is 5.13. The molecule has 0 heterocycles. The van der Waals surface area contributed by atoms with Crippen molar-refractivity contribution in [1.82, 2.24) is 0 Å². The van der Waals surface area contributed by atoms with Crippen molar-refractivity contribution in [2.45, 2.75) is 43.2 Å². The topological polar surface area (TPSA) is 0 Å². The SMILES string of the molecule is C[Si](C)(Cl)C([Si](C)(C)Cl)([Si](C)(C)Cl)[Si](Cl)(Cl)Cl. The van der Waals surface area contributed by atoms with Crippen LogP contribution in [0, 0.1) is 0 Å². The van der Waals surface area contributed by atoms with Gasteiger partial charge >= 0.3 is 6.00 Å². The molecule has 0 aromatic heterocycles. The van der Waals surface area contributed by atoms with Crippen LogP contribution in [0.25, 0.3) is 0 Å². The molecule has 0 spiro atoms.